The predicted octanol–water partition coefficient (Wildman–Crippen LogP) is 3.06. The van der Waals surface area contributed by atoms with Crippen LogP contribution in [0.4, 0.5) is 0 Å². The summed E-state index contributed by atoms with van der Waals surface area (Å²) in [6.07, 6.45) is 9.72. The van der Waals surface area contributed by atoms with Crippen LogP contribution in [-0.2, 0) is 0 Å². The van der Waals surface area contributed by atoms with Crippen LogP contribution in [-0.4, -0.2) is 11.9 Å². The van der Waals surface area contributed by atoms with Crippen LogP contribution in [0.1, 0.15) is 33.6 Å². The molecule has 0 radical (unpaired) electrons. The first-order valence-electron chi connectivity index (χ1n) is 5.99. The Kier molecular flexibility index (Phi) is 7.68. The van der Waals surface area contributed by atoms with Crippen LogP contribution in [0.2, 0.25) is 0 Å². The molecule has 0 rings (SSSR count). The Labute approximate surface area is 105 Å². The number of rotatable bonds is 7. The van der Waals surface area contributed by atoms with Gasteiger partial charge >= 0.3 is 0 Å². The highest BCUT2D eigenvalue weighted by Gasteiger charge is 2.03. The van der Waals surface area contributed by atoms with Crippen molar-refractivity contribution in [1.29, 1.82) is 0 Å². The van der Waals surface area contributed by atoms with Crippen molar-refractivity contribution in [2.75, 3.05) is 7.05 Å². The highest BCUT2D eigenvalue weighted by Crippen LogP contribution is 2.08. The Bertz CT molecular complexity index is 324. The summed E-state index contributed by atoms with van der Waals surface area (Å²) in [6.45, 7) is 10.0. The van der Waals surface area contributed by atoms with Crippen LogP contribution < -0.4 is 11.1 Å². The van der Waals surface area contributed by atoms with Gasteiger partial charge in [-0.2, -0.15) is 0 Å². The van der Waals surface area contributed by atoms with Gasteiger partial charge in [0.25, 0.3) is 0 Å². The SMILES string of the molecule is C=C(/C=C\C)N(C)/C(=C\C)N/C=C(\N)CCC. The lowest BCUT2D eigenvalue weighted by Crippen LogP contribution is -2.24. The molecule has 96 valence electrons. The molecule has 0 aliphatic rings. The second-order valence-corrected chi connectivity index (χ2v) is 3.84. The molecule has 3 heteroatoms. The van der Waals surface area contributed by atoms with Crippen LogP contribution >= 0.6 is 0 Å². The van der Waals surface area contributed by atoms with Crippen molar-refractivity contribution >= 4 is 0 Å². The number of nitrogens with zero attached hydrogens (tertiary/aromatic N) is 1. The Balaban J connectivity index is 4.55. The van der Waals surface area contributed by atoms with Gasteiger partial charge in [-0.15, -0.1) is 0 Å². The normalized spacial score (nSPS) is 12.9. The lowest BCUT2D eigenvalue weighted by molar-refractivity contribution is 0.504. The Morgan fingerprint density at radius 2 is 2.06 bits per heavy atom. The summed E-state index contributed by atoms with van der Waals surface area (Å²) in [7, 11) is 1.97. The number of hydrogen-bond donors (Lipinski definition) is 2. The molecule has 0 unspecified atom stereocenters. The number of nitrogens with one attached hydrogen (secondary N) is 1. The zero-order chi connectivity index (χ0) is 13.3. The molecule has 0 aliphatic heterocycles. The summed E-state index contributed by atoms with van der Waals surface area (Å²) >= 11 is 0. The quantitative estimate of drug-likeness (QED) is 0.666. The van der Waals surface area contributed by atoms with Gasteiger partial charge in [0.05, 0.1) is 0 Å². The number of hydrogen-bond acceptors (Lipinski definition) is 3. The van der Waals surface area contributed by atoms with Crippen LogP contribution in [0, 0.1) is 0 Å². The van der Waals surface area contributed by atoms with Crippen molar-refractivity contribution in [3.8, 4) is 0 Å². The molecule has 0 atom stereocenters. The third kappa shape index (κ3) is 5.85. The fourth-order valence-electron chi connectivity index (χ4n) is 1.36. The molecular formula is C14H25N3. The second kappa shape index (κ2) is 8.50. The van der Waals surface area contributed by atoms with E-state index in [1.807, 2.05) is 50.2 Å². The van der Waals surface area contributed by atoms with E-state index in [1.165, 1.54) is 0 Å². The van der Waals surface area contributed by atoms with E-state index >= 15 is 0 Å². The topological polar surface area (TPSA) is 41.3 Å². The maximum atomic E-state index is 5.84. The number of likely N-dealkylation sites (N-methyl/N-ethyl adjacent to an activating group) is 1. The molecule has 3 nitrogen and oxygen atoms in total. The van der Waals surface area contributed by atoms with Gasteiger partial charge in [-0.05, 0) is 32.4 Å². The maximum absolute atomic E-state index is 5.84. The van der Waals surface area contributed by atoms with E-state index in [0.29, 0.717) is 0 Å². The molecule has 0 saturated carbocycles. The van der Waals surface area contributed by atoms with E-state index in [-0.39, 0.29) is 0 Å². The minimum Gasteiger partial charge on any atom is -0.401 e. The molecule has 0 spiro atoms. The fourth-order valence-corrected chi connectivity index (χ4v) is 1.36. The van der Waals surface area contributed by atoms with Gasteiger partial charge in [-0.3, -0.25) is 0 Å². The summed E-state index contributed by atoms with van der Waals surface area (Å²) < 4.78 is 0. The van der Waals surface area contributed by atoms with Gasteiger partial charge < -0.3 is 16.0 Å². The predicted molar refractivity (Wildman–Crippen MR) is 75.8 cm³/mol. The molecule has 0 saturated heterocycles. The average molecular weight is 235 g/mol. The zero-order valence-electron chi connectivity index (χ0n) is 11.5. The van der Waals surface area contributed by atoms with Crippen LogP contribution in [0.25, 0.3) is 0 Å². The smallest absolute Gasteiger partial charge is 0.105 e. The second-order valence-electron chi connectivity index (χ2n) is 3.84. The molecule has 0 amide bonds. The van der Waals surface area contributed by atoms with E-state index in [9.17, 15) is 0 Å². The average Bonchev–Trinajstić information content (AvgIpc) is 2.30. The fraction of sp³-hybridized carbons (Fsp3) is 0.429. The summed E-state index contributed by atoms with van der Waals surface area (Å²) in [5, 5.41) is 3.20. The third-order valence-corrected chi connectivity index (χ3v) is 2.37. The minimum atomic E-state index is 0.858. The highest BCUT2D eigenvalue weighted by molar-refractivity contribution is 5.19. The minimum absolute atomic E-state index is 0.858. The van der Waals surface area contributed by atoms with Gasteiger partial charge in [0.1, 0.15) is 5.82 Å². The number of allylic oxidation sites excluding steroid dienone is 4. The first-order valence-corrected chi connectivity index (χ1v) is 5.99. The van der Waals surface area contributed by atoms with Gasteiger partial charge in [0.2, 0.25) is 0 Å². The maximum Gasteiger partial charge on any atom is 0.105 e. The van der Waals surface area contributed by atoms with Crippen molar-refractivity contribution in [3.63, 3.8) is 0 Å². The van der Waals surface area contributed by atoms with E-state index in [0.717, 1.165) is 30.1 Å². The zero-order valence-corrected chi connectivity index (χ0v) is 11.5. The van der Waals surface area contributed by atoms with Crippen molar-refractivity contribution < 1.29 is 0 Å². The monoisotopic (exact) mass is 235 g/mol. The van der Waals surface area contributed by atoms with E-state index in [4.69, 9.17) is 5.73 Å². The Morgan fingerprint density at radius 3 is 2.53 bits per heavy atom. The molecule has 0 heterocycles. The molecule has 0 aromatic carbocycles. The standard InChI is InChI=1S/C14H25N3/c1-6-9-12(4)17(5)14(8-3)16-11-13(15)10-7-2/h6,8-9,11,16H,4,7,10,15H2,1-3,5H3/b9-6-,13-11-,14-8-. The molecular weight excluding hydrogens is 210 g/mol. The first kappa shape index (κ1) is 15.4. The molecule has 3 N–H and O–H groups in total. The lowest BCUT2D eigenvalue weighted by Gasteiger charge is -2.22. The van der Waals surface area contributed by atoms with Crippen LogP contribution in [0.3, 0.4) is 0 Å². The van der Waals surface area contributed by atoms with Crippen molar-refractivity contribution in [1.82, 2.24) is 10.2 Å². The summed E-state index contributed by atoms with van der Waals surface area (Å²) in [5.41, 5.74) is 7.62. The molecule has 0 aliphatic carbocycles. The lowest BCUT2D eigenvalue weighted by atomic mass is 10.3. The Hall–Kier alpha value is -1.64. The van der Waals surface area contributed by atoms with Gasteiger partial charge in [0, 0.05) is 24.6 Å². The van der Waals surface area contributed by atoms with Crippen molar-refractivity contribution in [2.24, 2.45) is 5.73 Å². The van der Waals surface area contributed by atoms with Gasteiger partial charge in [0.15, 0.2) is 0 Å². The van der Waals surface area contributed by atoms with Gasteiger partial charge in [-0.1, -0.05) is 26.0 Å². The van der Waals surface area contributed by atoms with E-state index < -0.39 is 0 Å². The summed E-state index contributed by atoms with van der Waals surface area (Å²) in [5.74, 6) is 0.965. The van der Waals surface area contributed by atoms with Crippen molar-refractivity contribution in [3.05, 3.63) is 48.2 Å². The molecule has 0 aromatic heterocycles. The van der Waals surface area contributed by atoms with Crippen molar-refractivity contribution in [2.45, 2.75) is 33.6 Å². The molecule has 0 bridgehead atoms. The largest absolute Gasteiger partial charge is 0.401 e. The summed E-state index contributed by atoms with van der Waals surface area (Å²) in [4.78, 5) is 1.98. The first-order chi connectivity index (χ1) is 8.06. The van der Waals surface area contributed by atoms with E-state index in [1.54, 1.807) is 0 Å². The molecule has 0 fully saturated rings. The van der Waals surface area contributed by atoms with Crippen LogP contribution in [0.5, 0.6) is 0 Å². The molecule has 17 heavy (non-hydrogen) atoms. The third-order valence-electron chi connectivity index (χ3n) is 2.37. The van der Waals surface area contributed by atoms with E-state index in [2.05, 4.69) is 18.8 Å². The molecule has 0 aromatic rings. The highest BCUT2D eigenvalue weighted by atomic mass is 15.2. The Morgan fingerprint density at radius 1 is 1.41 bits per heavy atom. The number of nitrogens with two attached hydrogens (primary N) is 1. The summed E-state index contributed by atoms with van der Waals surface area (Å²) in [6, 6.07) is 0. The van der Waals surface area contributed by atoms with Crippen LogP contribution in [0.15, 0.2) is 48.2 Å². The van der Waals surface area contributed by atoms with Gasteiger partial charge in [-0.25, -0.2) is 0 Å².